The molecule has 0 saturated heterocycles. The monoisotopic (exact) mass is 233 g/mol. The Hall–Kier alpha value is -1.42. The van der Waals surface area contributed by atoms with E-state index in [0.717, 1.165) is 17.4 Å². The van der Waals surface area contributed by atoms with Crippen LogP contribution in [0.3, 0.4) is 0 Å². The molecular formula is C12H15N3S. The summed E-state index contributed by atoms with van der Waals surface area (Å²) < 4.78 is 4.33. The molecule has 4 heteroatoms. The van der Waals surface area contributed by atoms with Crippen LogP contribution in [-0.4, -0.2) is 15.4 Å². The molecule has 0 fully saturated rings. The Morgan fingerprint density at radius 2 is 2.00 bits per heavy atom. The van der Waals surface area contributed by atoms with Crippen molar-refractivity contribution < 1.29 is 0 Å². The maximum Gasteiger partial charge on any atom is 0.202 e. The first-order chi connectivity index (χ1) is 7.74. The maximum atomic E-state index is 4.44. The average Bonchev–Trinajstić information content (AvgIpc) is 2.66. The molecule has 1 aromatic carbocycles. The van der Waals surface area contributed by atoms with E-state index in [-0.39, 0.29) is 0 Å². The third kappa shape index (κ3) is 3.03. The number of aromatic nitrogens is 2. The van der Waals surface area contributed by atoms with Crippen molar-refractivity contribution in [2.45, 2.75) is 26.3 Å². The second-order valence-electron chi connectivity index (χ2n) is 3.98. The van der Waals surface area contributed by atoms with Gasteiger partial charge in [0.2, 0.25) is 5.13 Å². The lowest BCUT2D eigenvalue weighted by atomic mass is 10.1. The van der Waals surface area contributed by atoms with E-state index in [0.29, 0.717) is 6.04 Å². The Labute approximate surface area is 99.7 Å². The van der Waals surface area contributed by atoms with Crippen LogP contribution >= 0.6 is 11.5 Å². The summed E-state index contributed by atoms with van der Waals surface area (Å²) >= 11 is 1.42. The Morgan fingerprint density at radius 3 is 2.69 bits per heavy atom. The van der Waals surface area contributed by atoms with E-state index in [1.54, 1.807) is 0 Å². The molecule has 0 bridgehead atoms. The Balaban J connectivity index is 2.03. The first kappa shape index (κ1) is 11.1. The standard InChI is InChI=1S/C12H15N3S/c1-9(2)13-12-14-11(15-16-12)8-10-6-4-3-5-7-10/h3-7,9H,8H2,1-2H3,(H,13,14,15). The molecule has 84 valence electrons. The summed E-state index contributed by atoms with van der Waals surface area (Å²) in [7, 11) is 0. The minimum Gasteiger partial charge on any atom is -0.358 e. The molecule has 2 aromatic rings. The van der Waals surface area contributed by atoms with Gasteiger partial charge in [0, 0.05) is 24.0 Å². The van der Waals surface area contributed by atoms with Crippen LogP contribution in [0.15, 0.2) is 30.3 Å². The Morgan fingerprint density at radius 1 is 1.25 bits per heavy atom. The van der Waals surface area contributed by atoms with Crippen molar-refractivity contribution in [2.75, 3.05) is 5.32 Å². The van der Waals surface area contributed by atoms with Gasteiger partial charge in [-0.2, -0.15) is 4.37 Å². The molecule has 0 unspecified atom stereocenters. The summed E-state index contributed by atoms with van der Waals surface area (Å²) in [5.41, 5.74) is 1.25. The normalized spacial score (nSPS) is 10.7. The predicted octanol–water partition coefficient (Wildman–Crippen LogP) is 2.95. The van der Waals surface area contributed by atoms with Crippen LogP contribution in [0.25, 0.3) is 0 Å². The van der Waals surface area contributed by atoms with Gasteiger partial charge in [-0.15, -0.1) is 0 Å². The topological polar surface area (TPSA) is 37.8 Å². The lowest BCUT2D eigenvalue weighted by Gasteiger charge is -2.03. The summed E-state index contributed by atoms with van der Waals surface area (Å²) in [5.74, 6) is 0.888. The third-order valence-electron chi connectivity index (χ3n) is 2.09. The highest BCUT2D eigenvalue weighted by molar-refractivity contribution is 7.09. The van der Waals surface area contributed by atoms with Gasteiger partial charge in [-0.1, -0.05) is 30.3 Å². The van der Waals surface area contributed by atoms with Crippen molar-refractivity contribution in [2.24, 2.45) is 0 Å². The molecule has 16 heavy (non-hydrogen) atoms. The molecule has 1 N–H and O–H groups in total. The van der Waals surface area contributed by atoms with E-state index in [4.69, 9.17) is 0 Å². The molecule has 0 atom stereocenters. The molecule has 0 saturated carbocycles. The summed E-state index contributed by atoms with van der Waals surface area (Å²) in [5, 5.41) is 4.16. The van der Waals surface area contributed by atoms with Gasteiger partial charge < -0.3 is 5.32 Å². The van der Waals surface area contributed by atoms with Gasteiger partial charge >= 0.3 is 0 Å². The van der Waals surface area contributed by atoms with E-state index in [9.17, 15) is 0 Å². The average molecular weight is 233 g/mol. The van der Waals surface area contributed by atoms with E-state index >= 15 is 0 Å². The molecule has 0 aliphatic carbocycles. The van der Waals surface area contributed by atoms with Gasteiger partial charge in [0.05, 0.1) is 0 Å². The van der Waals surface area contributed by atoms with Gasteiger partial charge in [-0.05, 0) is 19.4 Å². The van der Waals surface area contributed by atoms with Crippen LogP contribution < -0.4 is 5.32 Å². The Kier molecular flexibility index (Phi) is 3.51. The van der Waals surface area contributed by atoms with Crippen LogP contribution in [0.1, 0.15) is 25.2 Å². The van der Waals surface area contributed by atoms with Crippen LogP contribution in [0.5, 0.6) is 0 Å². The number of hydrogen-bond acceptors (Lipinski definition) is 4. The van der Waals surface area contributed by atoms with Crippen molar-refractivity contribution in [3.05, 3.63) is 41.7 Å². The zero-order chi connectivity index (χ0) is 11.4. The highest BCUT2D eigenvalue weighted by Gasteiger charge is 2.05. The minimum atomic E-state index is 0.400. The number of nitrogens with one attached hydrogen (secondary N) is 1. The molecular weight excluding hydrogens is 218 g/mol. The highest BCUT2D eigenvalue weighted by Crippen LogP contribution is 2.14. The minimum absolute atomic E-state index is 0.400. The fourth-order valence-corrected chi connectivity index (χ4v) is 2.14. The number of anilines is 1. The van der Waals surface area contributed by atoms with Crippen LogP contribution in [0, 0.1) is 0 Å². The molecule has 0 aliphatic heterocycles. The molecule has 3 nitrogen and oxygen atoms in total. The highest BCUT2D eigenvalue weighted by atomic mass is 32.1. The molecule has 0 amide bonds. The summed E-state index contributed by atoms with van der Waals surface area (Å²) in [6.45, 7) is 4.19. The van der Waals surface area contributed by atoms with Gasteiger partial charge in [0.15, 0.2) is 0 Å². The van der Waals surface area contributed by atoms with Gasteiger partial charge in [-0.3, -0.25) is 0 Å². The molecule has 0 aliphatic rings. The zero-order valence-corrected chi connectivity index (χ0v) is 10.3. The fourth-order valence-electron chi connectivity index (χ4n) is 1.41. The molecule has 1 heterocycles. The van der Waals surface area contributed by atoms with Crippen molar-refractivity contribution in [3.63, 3.8) is 0 Å². The predicted molar refractivity (Wildman–Crippen MR) is 67.9 cm³/mol. The third-order valence-corrected chi connectivity index (χ3v) is 2.77. The van der Waals surface area contributed by atoms with Crippen molar-refractivity contribution in [1.82, 2.24) is 9.36 Å². The number of benzene rings is 1. The van der Waals surface area contributed by atoms with Crippen molar-refractivity contribution in [3.8, 4) is 0 Å². The molecule has 2 rings (SSSR count). The van der Waals surface area contributed by atoms with E-state index in [1.807, 2.05) is 18.2 Å². The smallest absolute Gasteiger partial charge is 0.202 e. The molecule has 0 radical (unpaired) electrons. The van der Waals surface area contributed by atoms with Crippen molar-refractivity contribution >= 4 is 16.7 Å². The fraction of sp³-hybridized carbons (Fsp3) is 0.333. The summed E-state index contributed by atoms with van der Waals surface area (Å²) in [6, 6.07) is 10.7. The van der Waals surface area contributed by atoms with Gasteiger partial charge in [-0.25, -0.2) is 4.98 Å². The first-order valence-electron chi connectivity index (χ1n) is 5.37. The zero-order valence-electron chi connectivity index (χ0n) is 9.47. The van der Waals surface area contributed by atoms with Crippen LogP contribution in [-0.2, 0) is 6.42 Å². The van der Waals surface area contributed by atoms with Gasteiger partial charge in [0.25, 0.3) is 0 Å². The maximum absolute atomic E-state index is 4.44. The van der Waals surface area contributed by atoms with Gasteiger partial charge in [0.1, 0.15) is 5.82 Å². The number of hydrogen-bond donors (Lipinski definition) is 1. The van der Waals surface area contributed by atoms with E-state index < -0.39 is 0 Å². The second-order valence-corrected chi connectivity index (χ2v) is 4.73. The lowest BCUT2D eigenvalue weighted by Crippen LogP contribution is -2.09. The van der Waals surface area contributed by atoms with Crippen LogP contribution in [0.2, 0.25) is 0 Å². The summed E-state index contributed by atoms with van der Waals surface area (Å²) in [4.78, 5) is 4.44. The number of nitrogens with zero attached hydrogens (tertiary/aromatic N) is 2. The summed E-state index contributed by atoms with van der Waals surface area (Å²) in [6.07, 6.45) is 0.803. The lowest BCUT2D eigenvalue weighted by molar-refractivity contribution is 0.892. The Bertz CT molecular complexity index is 437. The second kappa shape index (κ2) is 5.07. The molecule has 1 aromatic heterocycles. The van der Waals surface area contributed by atoms with Crippen LogP contribution in [0.4, 0.5) is 5.13 Å². The first-order valence-corrected chi connectivity index (χ1v) is 6.14. The van der Waals surface area contributed by atoms with Crippen molar-refractivity contribution in [1.29, 1.82) is 0 Å². The van der Waals surface area contributed by atoms with E-state index in [1.165, 1.54) is 17.1 Å². The number of rotatable bonds is 4. The largest absolute Gasteiger partial charge is 0.358 e. The van der Waals surface area contributed by atoms with E-state index in [2.05, 4.69) is 40.7 Å². The molecule has 0 spiro atoms. The SMILES string of the molecule is CC(C)Nc1nc(Cc2ccccc2)ns1. The quantitative estimate of drug-likeness (QED) is 0.882.